The van der Waals surface area contributed by atoms with Crippen LogP contribution in [0, 0.1) is 0 Å². The van der Waals surface area contributed by atoms with E-state index >= 15 is 0 Å². The number of ether oxygens (including phenoxy) is 2. The van der Waals surface area contributed by atoms with Crippen LogP contribution in [0.5, 0.6) is 0 Å². The van der Waals surface area contributed by atoms with Crippen molar-refractivity contribution in [2.24, 2.45) is 0 Å². The lowest BCUT2D eigenvalue weighted by atomic mass is 10.2. The number of carbonyl (C=O) groups excluding carboxylic acids is 2. The van der Waals surface area contributed by atoms with Crippen LogP contribution in [0.4, 0.5) is 4.79 Å². The standard InChI is InChI=1S/C7H10O4/c1-5(2)4-6(8)11-7(9)10-3/h1,4H2,2-3H3. The highest BCUT2D eigenvalue weighted by molar-refractivity contribution is 5.83. The van der Waals surface area contributed by atoms with Gasteiger partial charge in [0.05, 0.1) is 13.5 Å². The van der Waals surface area contributed by atoms with E-state index in [1.807, 2.05) is 0 Å². The molecule has 4 heteroatoms. The zero-order chi connectivity index (χ0) is 8.85. The molecule has 0 bridgehead atoms. The van der Waals surface area contributed by atoms with Crippen molar-refractivity contribution in [3.05, 3.63) is 12.2 Å². The molecule has 0 aliphatic carbocycles. The van der Waals surface area contributed by atoms with E-state index in [0.717, 1.165) is 7.11 Å². The second-order valence-corrected chi connectivity index (χ2v) is 2.06. The fourth-order valence-corrected chi connectivity index (χ4v) is 0.417. The third kappa shape index (κ3) is 5.14. The van der Waals surface area contributed by atoms with E-state index in [1.165, 1.54) is 0 Å². The summed E-state index contributed by atoms with van der Waals surface area (Å²) in [6.45, 7) is 5.14. The van der Waals surface area contributed by atoms with Gasteiger partial charge in [0.25, 0.3) is 0 Å². The maximum atomic E-state index is 10.6. The highest BCUT2D eigenvalue weighted by Crippen LogP contribution is 1.98. The molecule has 0 fully saturated rings. The smallest absolute Gasteiger partial charge is 0.437 e. The van der Waals surface area contributed by atoms with Crippen LogP contribution in [0.3, 0.4) is 0 Å². The molecule has 0 aromatic heterocycles. The molecule has 0 radical (unpaired) electrons. The molecule has 0 aromatic carbocycles. The van der Waals surface area contributed by atoms with Crippen LogP contribution in [-0.4, -0.2) is 19.2 Å². The average Bonchev–Trinajstić information content (AvgIpc) is 1.85. The van der Waals surface area contributed by atoms with Gasteiger partial charge in [-0.2, -0.15) is 0 Å². The van der Waals surface area contributed by atoms with Crippen molar-refractivity contribution in [3.8, 4) is 0 Å². The van der Waals surface area contributed by atoms with Gasteiger partial charge < -0.3 is 9.47 Å². The molecule has 4 nitrogen and oxygen atoms in total. The van der Waals surface area contributed by atoms with E-state index in [0.29, 0.717) is 5.57 Å². The fraction of sp³-hybridized carbons (Fsp3) is 0.429. The Labute approximate surface area is 64.8 Å². The van der Waals surface area contributed by atoms with Crippen molar-refractivity contribution in [3.63, 3.8) is 0 Å². The Bertz CT molecular complexity index is 183. The second kappa shape index (κ2) is 4.49. The summed E-state index contributed by atoms with van der Waals surface area (Å²) < 4.78 is 8.24. The topological polar surface area (TPSA) is 52.6 Å². The lowest BCUT2D eigenvalue weighted by molar-refractivity contribution is -0.138. The molecule has 11 heavy (non-hydrogen) atoms. The van der Waals surface area contributed by atoms with Crippen molar-refractivity contribution < 1.29 is 19.1 Å². The Morgan fingerprint density at radius 1 is 1.45 bits per heavy atom. The van der Waals surface area contributed by atoms with Gasteiger partial charge in [-0.25, -0.2) is 4.79 Å². The molecule has 0 unspecified atom stereocenters. The van der Waals surface area contributed by atoms with Crippen molar-refractivity contribution in [2.75, 3.05) is 7.11 Å². The first-order valence-electron chi connectivity index (χ1n) is 2.99. The summed E-state index contributed by atoms with van der Waals surface area (Å²) in [4.78, 5) is 20.9. The van der Waals surface area contributed by atoms with Crippen LogP contribution < -0.4 is 0 Å². The van der Waals surface area contributed by atoms with E-state index in [2.05, 4.69) is 16.1 Å². The highest BCUT2D eigenvalue weighted by atomic mass is 16.7. The molecule has 0 spiro atoms. The van der Waals surface area contributed by atoms with Crippen molar-refractivity contribution in [1.82, 2.24) is 0 Å². The fourth-order valence-electron chi connectivity index (χ4n) is 0.417. The van der Waals surface area contributed by atoms with Gasteiger partial charge in [-0.1, -0.05) is 12.2 Å². The molecule has 0 amide bonds. The third-order valence-corrected chi connectivity index (χ3v) is 0.810. The Kier molecular flexibility index (Phi) is 3.95. The predicted octanol–water partition coefficient (Wildman–Crippen LogP) is 1.26. The lowest BCUT2D eigenvalue weighted by Gasteiger charge is -1.99. The molecule has 0 aliphatic heterocycles. The van der Waals surface area contributed by atoms with Gasteiger partial charge in [0, 0.05) is 0 Å². The van der Waals surface area contributed by atoms with Crippen molar-refractivity contribution >= 4 is 12.1 Å². The van der Waals surface area contributed by atoms with Crippen LogP contribution in [-0.2, 0) is 14.3 Å². The zero-order valence-electron chi connectivity index (χ0n) is 6.55. The quantitative estimate of drug-likeness (QED) is 0.345. The van der Waals surface area contributed by atoms with Gasteiger partial charge in [-0.15, -0.1) is 0 Å². The van der Waals surface area contributed by atoms with Gasteiger partial charge in [0.2, 0.25) is 0 Å². The molecular formula is C7H10O4. The van der Waals surface area contributed by atoms with Crippen LogP contribution in [0.15, 0.2) is 12.2 Å². The number of carbonyl (C=O) groups is 2. The minimum absolute atomic E-state index is 0.0368. The number of methoxy groups -OCH3 is 1. The monoisotopic (exact) mass is 158 g/mol. The molecule has 0 N–H and O–H groups in total. The second-order valence-electron chi connectivity index (χ2n) is 2.06. The van der Waals surface area contributed by atoms with Gasteiger partial charge in [0.15, 0.2) is 0 Å². The molecule has 0 aliphatic rings. The average molecular weight is 158 g/mol. The van der Waals surface area contributed by atoms with Crippen LogP contribution in [0.25, 0.3) is 0 Å². The lowest BCUT2D eigenvalue weighted by Crippen LogP contribution is -2.11. The van der Waals surface area contributed by atoms with Gasteiger partial charge in [-0.3, -0.25) is 4.79 Å². The summed E-state index contributed by atoms with van der Waals surface area (Å²) in [5.74, 6) is -0.649. The summed E-state index contributed by atoms with van der Waals surface area (Å²) >= 11 is 0. The Balaban J connectivity index is 3.70. The predicted molar refractivity (Wildman–Crippen MR) is 37.9 cm³/mol. The molecule has 0 saturated carbocycles. The Morgan fingerprint density at radius 3 is 2.36 bits per heavy atom. The van der Waals surface area contributed by atoms with Gasteiger partial charge in [0.1, 0.15) is 0 Å². The number of hydrogen-bond donors (Lipinski definition) is 0. The maximum absolute atomic E-state index is 10.6. The maximum Gasteiger partial charge on any atom is 0.515 e. The largest absolute Gasteiger partial charge is 0.515 e. The molecule has 0 heterocycles. The number of rotatable bonds is 2. The Hall–Kier alpha value is -1.32. The summed E-state index contributed by atoms with van der Waals surface area (Å²) in [5.41, 5.74) is 0.638. The van der Waals surface area contributed by atoms with Gasteiger partial charge >= 0.3 is 12.1 Å². The summed E-state index contributed by atoms with van der Waals surface area (Å²) in [5, 5.41) is 0. The molecular weight excluding hydrogens is 148 g/mol. The number of esters is 1. The summed E-state index contributed by atoms with van der Waals surface area (Å²) in [6, 6.07) is 0. The Morgan fingerprint density at radius 2 is 2.00 bits per heavy atom. The van der Waals surface area contributed by atoms with Crippen LogP contribution in [0.1, 0.15) is 13.3 Å². The van der Waals surface area contributed by atoms with Crippen LogP contribution >= 0.6 is 0 Å². The minimum Gasteiger partial charge on any atom is -0.437 e. The third-order valence-electron chi connectivity index (χ3n) is 0.810. The summed E-state index contributed by atoms with van der Waals surface area (Å²) in [7, 11) is 1.14. The molecule has 0 aromatic rings. The van der Waals surface area contributed by atoms with E-state index in [1.54, 1.807) is 6.92 Å². The summed E-state index contributed by atoms with van der Waals surface area (Å²) in [6.07, 6.45) is -0.953. The first-order valence-corrected chi connectivity index (χ1v) is 2.99. The van der Waals surface area contributed by atoms with E-state index in [-0.39, 0.29) is 6.42 Å². The normalized spacial score (nSPS) is 8.55. The van der Waals surface area contributed by atoms with Crippen molar-refractivity contribution in [1.29, 1.82) is 0 Å². The first kappa shape index (κ1) is 9.68. The van der Waals surface area contributed by atoms with Gasteiger partial charge in [-0.05, 0) is 6.92 Å². The van der Waals surface area contributed by atoms with E-state index in [4.69, 9.17) is 0 Å². The molecule has 0 saturated heterocycles. The molecule has 0 rings (SSSR count). The number of hydrogen-bond acceptors (Lipinski definition) is 4. The first-order chi connectivity index (χ1) is 5.06. The minimum atomic E-state index is -0.990. The van der Waals surface area contributed by atoms with Crippen molar-refractivity contribution in [2.45, 2.75) is 13.3 Å². The molecule has 62 valence electrons. The SMILES string of the molecule is C=C(C)CC(=O)OC(=O)OC. The van der Waals surface area contributed by atoms with Crippen LogP contribution in [0.2, 0.25) is 0 Å². The van der Waals surface area contributed by atoms with E-state index in [9.17, 15) is 9.59 Å². The zero-order valence-corrected chi connectivity index (χ0v) is 6.55. The highest BCUT2D eigenvalue weighted by Gasteiger charge is 2.09. The van der Waals surface area contributed by atoms with E-state index < -0.39 is 12.1 Å². The molecule has 0 atom stereocenters.